The molecule has 0 fully saturated rings. The number of aromatic nitrogens is 1. The third-order valence-electron chi connectivity index (χ3n) is 9.43. The summed E-state index contributed by atoms with van der Waals surface area (Å²) in [5, 5.41) is 44.9. The second-order valence-electron chi connectivity index (χ2n) is 14.2. The molecule has 0 radical (unpaired) electrons. The number of carbonyl (C=O) groups excluding carboxylic acids is 2. The molecule has 57 heavy (non-hydrogen) atoms. The van der Waals surface area contributed by atoms with Gasteiger partial charge in [0.1, 0.15) is 23.1 Å². The van der Waals surface area contributed by atoms with Crippen LogP contribution in [0, 0.1) is 5.82 Å². The van der Waals surface area contributed by atoms with Gasteiger partial charge in [-0.2, -0.15) is 0 Å². The van der Waals surface area contributed by atoms with E-state index < -0.39 is 30.4 Å². The molecule has 2 atom stereocenters. The zero-order valence-corrected chi connectivity index (χ0v) is 31.7. The van der Waals surface area contributed by atoms with Crippen molar-refractivity contribution in [2.45, 2.75) is 57.8 Å². The van der Waals surface area contributed by atoms with Crippen molar-refractivity contribution in [3.63, 3.8) is 0 Å². The number of aliphatic hydroxyl groups excluding tert-OH is 2. The van der Waals surface area contributed by atoms with Crippen molar-refractivity contribution in [2.75, 3.05) is 5.32 Å². The number of rotatable bonds is 15. The number of nitrogens with one attached hydrogen (secondary N) is 1. The molecule has 292 valence electrons. The fourth-order valence-electron chi connectivity index (χ4n) is 6.91. The molecule has 0 aliphatic heterocycles. The third-order valence-corrected chi connectivity index (χ3v) is 9.43. The molecule has 6 rings (SSSR count). The Morgan fingerprint density at radius 2 is 1.40 bits per heavy atom. The van der Waals surface area contributed by atoms with Crippen LogP contribution in [-0.2, 0) is 11.3 Å². The van der Waals surface area contributed by atoms with Gasteiger partial charge in [0.15, 0.2) is 0 Å². The first-order valence-electron chi connectivity index (χ1n) is 18.8. The number of phenolic OH excluding ortho intramolecular Hbond substituents is 2. The SMILES string of the molecule is CC(C)c1c(C(=O)Nc2ccccc2)c(-c2ccccc2)c(-c2ccc(F)cc2)n1CC[C@@H](O)C[C@@H](O)CC(=O)Oc1cc(O)cc(/C=C/c2ccc(O)cc2)c1. The monoisotopic (exact) mass is 768 g/mol. The Bertz CT molecular complexity index is 2320. The summed E-state index contributed by atoms with van der Waals surface area (Å²) in [7, 11) is 0. The van der Waals surface area contributed by atoms with Crippen molar-refractivity contribution >= 4 is 29.7 Å². The standard InChI is InChI=1S/C47H45FN2O7/c1-30(2)45-44(47(56)49-36-11-7-4-8-12-36)43(33-9-5-3-6-10-33)46(34-17-19-35(48)20-18-34)50(45)24-23-38(52)27-40(54)29-42(55)57-41-26-32(25-39(53)28-41)14-13-31-15-21-37(51)22-16-31/h3-22,25-26,28,30,38,40,51-54H,23-24,27,29H2,1-2H3,(H,49,56)/b14-13+/t38-,40-/m1/s1. The molecule has 1 aromatic heterocycles. The van der Waals surface area contributed by atoms with Crippen LogP contribution >= 0.6 is 0 Å². The highest BCUT2D eigenvalue weighted by Crippen LogP contribution is 2.43. The third kappa shape index (κ3) is 10.4. The van der Waals surface area contributed by atoms with Crippen LogP contribution in [0.4, 0.5) is 10.1 Å². The minimum Gasteiger partial charge on any atom is -0.508 e. The van der Waals surface area contributed by atoms with Gasteiger partial charge in [0, 0.05) is 29.6 Å². The molecule has 0 spiro atoms. The van der Waals surface area contributed by atoms with Crippen molar-refractivity contribution in [1.29, 1.82) is 0 Å². The van der Waals surface area contributed by atoms with E-state index in [2.05, 4.69) is 5.32 Å². The summed E-state index contributed by atoms with van der Waals surface area (Å²) < 4.78 is 21.7. The molecule has 10 heteroatoms. The van der Waals surface area contributed by atoms with E-state index in [4.69, 9.17) is 4.74 Å². The molecule has 0 saturated carbocycles. The van der Waals surface area contributed by atoms with Crippen molar-refractivity contribution in [3.8, 4) is 39.6 Å². The molecule has 0 aliphatic rings. The second kappa shape index (κ2) is 18.4. The number of amides is 1. The van der Waals surface area contributed by atoms with Crippen LogP contribution in [0.25, 0.3) is 34.5 Å². The van der Waals surface area contributed by atoms with Crippen LogP contribution in [0.5, 0.6) is 17.2 Å². The van der Waals surface area contributed by atoms with Gasteiger partial charge in [0.25, 0.3) is 5.91 Å². The number of hydrogen-bond acceptors (Lipinski definition) is 7. The molecule has 5 N–H and O–H groups in total. The van der Waals surface area contributed by atoms with Gasteiger partial charge in [-0.1, -0.05) is 86.7 Å². The molecule has 1 amide bonds. The van der Waals surface area contributed by atoms with E-state index >= 15 is 0 Å². The summed E-state index contributed by atoms with van der Waals surface area (Å²) in [6, 6.07) is 35.7. The van der Waals surface area contributed by atoms with Crippen molar-refractivity contribution in [2.24, 2.45) is 0 Å². The van der Waals surface area contributed by atoms with Gasteiger partial charge in [-0.3, -0.25) is 9.59 Å². The van der Waals surface area contributed by atoms with Crippen LogP contribution in [0.2, 0.25) is 0 Å². The average Bonchev–Trinajstić information content (AvgIpc) is 3.53. The number of para-hydroxylation sites is 1. The lowest BCUT2D eigenvalue weighted by molar-refractivity contribution is -0.136. The Balaban J connectivity index is 1.21. The largest absolute Gasteiger partial charge is 0.508 e. The first kappa shape index (κ1) is 40.2. The van der Waals surface area contributed by atoms with E-state index in [1.165, 1.54) is 24.3 Å². The number of hydrogen-bond donors (Lipinski definition) is 5. The Morgan fingerprint density at radius 3 is 2.07 bits per heavy atom. The van der Waals surface area contributed by atoms with Crippen LogP contribution in [0.3, 0.4) is 0 Å². The van der Waals surface area contributed by atoms with Crippen LogP contribution < -0.4 is 10.1 Å². The number of aliphatic hydroxyl groups is 2. The van der Waals surface area contributed by atoms with E-state index in [1.807, 2.05) is 79.1 Å². The fourth-order valence-corrected chi connectivity index (χ4v) is 6.91. The Morgan fingerprint density at radius 1 is 0.754 bits per heavy atom. The Labute approximate surface area is 331 Å². The number of nitrogens with zero attached hydrogens (tertiary/aromatic N) is 1. The lowest BCUT2D eigenvalue weighted by Gasteiger charge is -2.20. The quantitative estimate of drug-likeness (QED) is 0.0398. The molecule has 5 aromatic carbocycles. The van der Waals surface area contributed by atoms with E-state index in [-0.39, 0.29) is 48.5 Å². The van der Waals surface area contributed by atoms with Gasteiger partial charge in [0.05, 0.1) is 29.9 Å². The molecule has 9 nitrogen and oxygen atoms in total. The molecule has 0 bridgehead atoms. The Kier molecular flexibility index (Phi) is 13.0. The maximum Gasteiger partial charge on any atom is 0.313 e. The number of phenols is 2. The van der Waals surface area contributed by atoms with E-state index in [0.29, 0.717) is 33.6 Å². The lowest BCUT2D eigenvalue weighted by Crippen LogP contribution is -2.24. The zero-order chi connectivity index (χ0) is 40.5. The molecule has 0 saturated heterocycles. The number of carbonyl (C=O) groups is 2. The van der Waals surface area contributed by atoms with Gasteiger partial charge in [-0.25, -0.2) is 4.39 Å². The number of aromatic hydroxyl groups is 2. The minimum absolute atomic E-state index is 0.0848. The highest BCUT2D eigenvalue weighted by Gasteiger charge is 2.31. The zero-order valence-electron chi connectivity index (χ0n) is 31.7. The van der Waals surface area contributed by atoms with Gasteiger partial charge in [-0.15, -0.1) is 0 Å². The highest BCUT2D eigenvalue weighted by molar-refractivity contribution is 6.12. The first-order chi connectivity index (χ1) is 27.4. The fraction of sp³-hybridized carbons (Fsp3) is 0.191. The summed E-state index contributed by atoms with van der Waals surface area (Å²) in [5.41, 5.74) is 6.00. The molecule has 0 unspecified atom stereocenters. The molecule has 6 aromatic rings. The van der Waals surface area contributed by atoms with Crippen LogP contribution in [0.15, 0.2) is 127 Å². The number of ether oxygens (including phenoxy) is 1. The molecular formula is C47H45FN2O7. The minimum atomic E-state index is -1.24. The maximum absolute atomic E-state index is 14.3. The lowest BCUT2D eigenvalue weighted by atomic mass is 9.94. The number of halogens is 1. The normalized spacial score (nSPS) is 12.5. The van der Waals surface area contributed by atoms with Gasteiger partial charge in [-0.05, 0) is 102 Å². The number of benzene rings is 5. The van der Waals surface area contributed by atoms with E-state index in [1.54, 1.807) is 54.6 Å². The van der Waals surface area contributed by atoms with Gasteiger partial charge >= 0.3 is 5.97 Å². The first-order valence-corrected chi connectivity index (χ1v) is 18.8. The number of anilines is 1. The van der Waals surface area contributed by atoms with E-state index in [9.17, 15) is 34.4 Å². The maximum atomic E-state index is 14.3. The van der Waals surface area contributed by atoms with Crippen molar-refractivity contribution in [3.05, 3.63) is 156 Å². The van der Waals surface area contributed by atoms with Crippen LogP contribution in [-0.4, -0.2) is 49.1 Å². The highest BCUT2D eigenvalue weighted by atomic mass is 19.1. The summed E-state index contributed by atoms with van der Waals surface area (Å²) in [6.45, 7) is 4.21. The molecule has 1 heterocycles. The topological polar surface area (TPSA) is 141 Å². The predicted octanol–water partition coefficient (Wildman–Crippen LogP) is 9.42. The van der Waals surface area contributed by atoms with Gasteiger partial charge in [0.2, 0.25) is 0 Å². The smallest absolute Gasteiger partial charge is 0.313 e. The second-order valence-corrected chi connectivity index (χ2v) is 14.2. The summed E-state index contributed by atoms with van der Waals surface area (Å²) in [6.07, 6.45) is 0.821. The van der Waals surface area contributed by atoms with E-state index in [0.717, 1.165) is 16.8 Å². The summed E-state index contributed by atoms with van der Waals surface area (Å²) in [5.74, 6) is -1.52. The number of esters is 1. The van der Waals surface area contributed by atoms with Crippen LogP contribution in [0.1, 0.15) is 66.2 Å². The summed E-state index contributed by atoms with van der Waals surface area (Å²) >= 11 is 0. The average molecular weight is 769 g/mol. The predicted molar refractivity (Wildman–Crippen MR) is 220 cm³/mol. The Hall–Kier alpha value is -6.49. The summed E-state index contributed by atoms with van der Waals surface area (Å²) in [4.78, 5) is 27.2. The molecule has 0 aliphatic carbocycles. The van der Waals surface area contributed by atoms with Gasteiger partial charge < -0.3 is 35.0 Å². The van der Waals surface area contributed by atoms with Crippen molar-refractivity contribution in [1.82, 2.24) is 4.57 Å². The van der Waals surface area contributed by atoms with Crippen molar-refractivity contribution < 1.29 is 39.1 Å². The molecular weight excluding hydrogens is 724 g/mol.